The Hall–Kier alpha value is -2.07. The van der Waals surface area contributed by atoms with Crippen LogP contribution in [-0.2, 0) is 9.09 Å². The van der Waals surface area contributed by atoms with E-state index < -0.39 is 24.2 Å². The fourth-order valence-electron chi connectivity index (χ4n) is 3.82. The van der Waals surface area contributed by atoms with Gasteiger partial charge in [-0.1, -0.05) is 35.4 Å². The highest BCUT2D eigenvalue weighted by Crippen LogP contribution is 2.56. The summed E-state index contributed by atoms with van der Waals surface area (Å²) in [5.41, 5.74) is 2.94. The molecule has 5 nitrogen and oxygen atoms in total. The predicted molar refractivity (Wildman–Crippen MR) is 115 cm³/mol. The molecular formula is C23H29O5P. The molecule has 1 N–H and O–H groups in total. The molecule has 6 heteroatoms. The normalized spacial score (nSPS) is 12.2. The van der Waals surface area contributed by atoms with Gasteiger partial charge in [0.2, 0.25) is 0 Å². The second kappa shape index (κ2) is 7.98. The van der Waals surface area contributed by atoms with Crippen molar-refractivity contribution in [3.8, 4) is 0 Å². The minimum absolute atomic E-state index is 0.193. The van der Waals surface area contributed by atoms with Gasteiger partial charge in [0.15, 0.2) is 5.79 Å². The van der Waals surface area contributed by atoms with Crippen molar-refractivity contribution in [2.24, 2.45) is 0 Å². The van der Waals surface area contributed by atoms with Gasteiger partial charge in [-0.3, -0.25) is 18.7 Å². The predicted octanol–water partition coefficient (Wildman–Crippen LogP) is 5.54. The van der Waals surface area contributed by atoms with Crippen molar-refractivity contribution in [1.82, 2.24) is 0 Å². The van der Waals surface area contributed by atoms with Gasteiger partial charge >= 0.3 is 7.37 Å². The van der Waals surface area contributed by atoms with E-state index in [1.165, 1.54) is 13.8 Å². The Balaban J connectivity index is 2.75. The van der Waals surface area contributed by atoms with E-state index in [1.54, 1.807) is 52.0 Å². The van der Waals surface area contributed by atoms with E-state index in [2.05, 4.69) is 0 Å². The molecule has 0 atom stereocenters. The molecule has 0 bridgehead atoms. The molecular weight excluding hydrogens is 387 g/mol. The van der Waals surface area contributed by atoms with Gasteiger partial charge in [-0.15, -0.1) is 0 Å². The maximum atomic E-state index is 13.9. The quantitative estimate of drug-likeness (QED) is 0.494. The second-order valence-corrected chi connectivity index (χ2v) is 10.3. The monoisotopic (exact) mass is 416 g/mol. The molecule has 0 spiro atoms. The average Bonchev–Trinajstić information content (AvgIpc) is 2.50. The molecule has 29 heavy (non-hydrogen) atoms. The first-order valence-corrected chi connectivity index (χ1v) is 11.1. The number of aliphatic hydroxyl groups is 1. The van der Waals surface area contributed by atoms with E-state index in [-0.39, 0.29) is 11.1 Å². The molecule has 0 aliphatic carbocycles. The lowest BCUT2D eigenvalue weighted by molar-refractivity contribution is -0.101. The SMILES string of the molecule is Cc1cc(C)c(C(=O)P(=O)(OC(C)(C)O)C(=O)c2c(C)cc(C)cc2C)c(C)c1. The fraction of sp³-hybridized carbons (Fsp3) is 0.391. The summed E-state index contributed by atoms with van der Waals surface area (Å²) in [6.45, 7) is 13.2. The van der Waals surface area contributed by atoms with Crippen molar-refractivity contribution >= 4 is 18.4 Å². The summed E-state index contributed by atoms with van der Waals surface area (Å²) in [5.74, 6) is -1.93. The number of aryl methyl sites for hydroxylation is 6. The Morgan fingerprint density at radius 3 is 1.28 bits per heavy atom. The van der Waals surface area contributed by atoms with Gasteiger partial charge in [0, 0.05) is 11.1 Å². The van der Waals surface area contributed by atoms with Crippen molar-refractivity contribution in [3.05, 3.63) is 68.8 Å². The van der Waals surface area contributed by atoms with Crippen LogP contribution in [0.2, 0.25) is 0 Å². The number of hydrogen-bond acceptors (Lipinski definition) is 5. The van der Waals surface area contributed by atoms with Crippen molar-refractivity contribution in [3.63, 3.8) is 0 Å². The largest absolute Gasteiger partial charge is 0.366 e. The molecule has 0 saturated heterocycles. The highest BCUT2D eigenvalue weighted by molar-refractivity contribution is 7.91. The van der Waals surface area contributed by atoms with Gasteiger partial charge in [0.1, 0.15) is 0 Å². The van der Waals surface area contributed by atoms with Crippen molar-refractivity contribution in [2.75, 3.05) is 0 Å². The standard InChI is InChI=1S/C23H29O5P/c1-13-9-15(3)19(16(4)10-13)21(24)29(27,28-23(7,8)26)22(25)20-17(5)11-14(2)12-18(20)6/h9-12,26H,1-8H3. The van der Waals surface area contributed by atoms with E-state index in [1.807, 2.05) is 13.8 Å². The zero-order valence-corrected chi connectivity index (χ0v) is 19.2. The Bertz CT molecular complexity index is 924. The molecule has 0 heterocycles. The summed E-state index contributed by atoms with van der Waals surface area (Å²) in [6, 6.07) is 7.17. The van der Waals surface area contributed by atoms with Gasteiger partial charge in [-0.25, -0.2) is 0 Å². The maximum absolute atomic E-state index is 13.9. The third-order valence-corrected chi connectivity index (χ3v) is 6.89. The maximum Gasteiger partial charge on any atom is 0.342 e. The molecule has 0 amide bonds. The van der Waals surface area contributed by atoms with Crippen LogP contribution in [0.1, 0.15) is 67.9 Å². The first-order valence-electron chi connectivity index (χ1n) is 9.46. The Morgan fingerprint density at radius 2 is 1.03 bits per heavy atom. The number of carbonyl (C=O) groups excluding carboxylic acids is 2. The Labute approximate surface area is 172 Å². The lowest BCUT2D eigenvalue weighted by Gasteiger charge is -2.26. The van der Waals surface area contributed by atoms with Crippen LogP contribution in [0.3, 0.4) is 0 Å². The molecule has 0 fully saturated rings. The topological polar surface area (TPSA) is 80.7 Å². The van der Waals surface area contributed by atoms with E-state index in [0.717, 1.165) is 11.1 Å². The van der Waals surface area contributed by atoms with E-state index in [0.29, 0.717) is 22.3 Å². The number of benzene rings is 2. The zero-order valence-electron chi connectivity index (χ0n) is 18.3. The summed E-state index contributed by atoms with van der Waals surface area (Å²) in [6.07, 6.45) is 0. The second-order valence-electron chi connectivity index (χ2n) is 8.25. The minimum atomic E-state index is -4.63. The molecule has 0 aliphatic heterocycles. The van der Waals surface area contributed by atoms with Crippen LogP contribution in [0.4, 0.5) is 0 Å². The fourth-order valence-corrected chi connectivity index (χ4v) is 6.09. The van der Waals surface area contributed by atoms with Crippen LogP contribution in [0, 0.1) is 41.5 Å². The van der Waals surface area contributed by atoms with E-state index >= 15 is 0 Å². The smallest absolute Gasteiger partial charge is 0.342 e. The summed E-state index contributed by atoms with van der Waals surface area (Å²) in [5, 5.41) is 10.2. The number of rotatable bonds is 6. The summed E-state index contributed by atoms with van der Waals surface area (Å²) >= 11 is 0. The molecule has 0 unspecified atom stereocenters. The van der Waals surface area contributed by atoms with Crippen molar-refractivity contribution in [2.45, 2.75) is 61.2 Å². The first-order chi connectivity index (χ1) is 13.2. The van der Waals surface area contributed by atoms with Gasteiger partial charge in [-0.05, 0) is 77.6 Å². The highest BCUT2D eigenvalue weighted by Gasteiger charge is 2.47. The van der Waals surface area contributed by atoms with Gasteiger partial charge in [-0.2, -0.15) is 0 Å². The summed E-state index contributed by atoms with van der Waals surface area (Å²) in [7, 11) is -4.63. The van der Waals surface area contributed by atoms with Crippen molar-refractivity contribution < 1.29 is 23.8 Å². The lowest BCUT2D eigenvalue weighted by atomic mass is 10.0. The zero-order chi connectivity index (χ0) is 22.3. The molecule has 0 aliphatic rings. The lowest BCUT2D eigenvalue weighted by Crippen LogP contribution is -2.27. The minimum Gasteiger partial charge on any atom is -0.366 e. The molecule has 2 aromatic carbocycles. The number of hydrogen-bond donors (Lipinski definition) is 1. The number of carbonyl (C=O) groups is 2. The van der Waals surface area contributed by atoms with Crippen molar-refractivity contribution in [1.29, 1.82) is 0 Å². The molecule has 2 aromatic rings. The molecule has 0 aromatic heterocycles. The van der Waals surface area contributed by atoms with Crippen LogP contribution in [-0.4, -0.2) is 21.9 Å². The van der Waals surface area contributed by atoms with E-state index in [4.69, 9.17) is 4.52 Å². The first kappa shape index (κ1) is 23.2. The van der Waals surface area contributed by atoms with Crippen LogP contribution < -0.4 is 0 Å². The molecule has 0 radical (unpaired) electrons. The molecule has 0 saturated carbocycles. The average molecular weight is 416 g/mol. The highest BCUT2D eigenvalue weighted by atomic mass is 31.2. The van der Waals surface area contributed by atoms with Gasteiger partial charge < -0.3 is 5.11 Å². The molecule has 2 rings (SSSR count). The molecule has 156 valence electrons. The van der Waals surface area contributed by atoms with Crippen LogP contribution in [0.15, 0.2) is 24.3 Å². The third-order valence-electron chi connectivity index (χ3n) is 4.67. The van der Waals surface area contributed by atoms with Gasteiger partial charge in [0.05, 0.1) is 0 Å². The Kier molecular flexibility index (Phi) is 6.39. The van der Waals surface area contributed by atoms with E-state index in [9.17, 15) is 19.3 Å². The Morgan fingerprint density at radius 1 is 0.759 bits per heavy atom. The van der Waals surface area contributed by atoms with Gasteiger partial charge in [0.25, 0.3) is 11.0 Å². The third kappa shape index (κ3) is 4.75. The van der Waals surface area contributed by atoms with Crippen LogP contribution in [0.5, 0.6) is 0 Å². The van der Waals surface area contributed by atoms with Crippen LogP contribution in [0.25, 0.3) is 0 Å². The van der Waals surface area contributed by atoms with Crippen LogP contribution >= 0.6 is 7.37 Å². The summed E-state index contributed by atoms with van der Waals surface area (Å²) in [4.78, 5) is 27.0. The summed E-state index contributed by atoms with van der Waals surface area (Å²) < 4.78 is 19.3.